The van der Waals surface area contributed by atoms with E-state index >= 15 is 0 Å². The minimum atomic E-state index is -1.60. The zero-order chi connectivity index (χ0) is 24.0. The smallest absolute Gasteiger partial charge is 0.270 e. The fourth-order valence-corrected chi connectivity index (χ4v) is 4.32. The Kier molecular flexibility index (Phi) is 5.35. The fraction of sp³-hybridized carbons (Fsp3) is 0.208. The van der Waals surface area contributed by atoms with E-state index in [1.807, 2.05) is 29.9 Å². The number of benzene rings is 1. The van der Waals surface area contributed by atoms with E-state index in [9.17, 15) is 22.8 Å². The van der Waals surface area contributed by atoms with Crippen LogP contribution < -0.4 is 5.32 Å². The molecule has 2 N–H and O–H groups in total. The first-order valence-corrected chi connectivity index (χ1v) is 10.6. The SMILES string of the molecule is Cn1cc(-c2ccc(C(=O)N3CC[C@H](C(=O)Nc4cc(F)c(F)c(F)c4)C3)[nH]2)c2ccncc21. The molecule has 0 spiro atoms. The number of halogens is 3. The molecule has 0 saturated carbocycles. The quantitative estimate of drug-likeness (QED) is 0.444. The summed E-state index contributed by atoms with van der Waals surface area (Å²) in [6.45, 7) is 0.516. The molecule has 3 aromatic heterocycles. The summed E-state index contributed by atoms with van der Waals surface area (Å²) in [5.41, 5.74) is 2.91. The van der Waals surface area contributed by atoms with Gasteiger partial charge >= 0.3 is 0 Å². The highest BCUT2D eigenvalue weighted by molar-refractivity contribution is 5.98. The monoisotopic (exact) mass is 467 g/mol. The number of carbonyl (C=O) groups excluding carboxylic acids is 2. The lowest BCUT2D eigenvalue weighted by Crippen LogP contribution is -2.31. The number of nitrogens with zero attached hydrogens (tertiary/aromatic N) is 3. The van der Waals surface area contributed by atoms with Gasteiger partial charge < -0.3 is 19.8 Å². The number of amides is 2. The van der Waals surface area contributed by atoms with Crippen molar-refractivity contribution >= 4 is 28.4 Å². The van der Waals surface area contributed by atoms with Gasteiger partial charge in [-0.1, -0.05) is 0 Å². The van der Waals surface area contributed by atoms with Crippen molar-refractivity contribution in [2.24, 2.45) is 13.0 Å². The van der Waals surface area contributed by atoms with Crippen molar-refractivity contribution in [3.05, 3.63) is 72.1 Å². The largest absolute Gasteiger partial charge is 0.350 e. The van der Waals surface area contributed by atoms with Crippen LogP contribution in [0.1, 0.15) is 16.9 Å². The summed E-state index contributed by atoms with van der Waals surface area (Å²) in [5.74, 6) is -5.66. The maximum atomic E-state index is 13.4. The second-order valence-electron chi connectivity index (χ2n) is 8.31. The standard InChI is InChI=1S/C24H20F3N5O2/c1-31-12-16(15-4-6-28-10-21(15)31)19-2-3-20(30-19)24(34)32-7-5-13(11-32)23(33)29-14-8-17(25)22(27)18(26)9-14/h2-4,6,8-10,12-13,30H,5,7,11H2,1H3,(H,29,33)/t13-/m0/s1. The minimum absolute atomic E-state index is 0.158. The summed E-state index contributed by atoms with van der Waals surface area (Å²) in [6, 6.07) is 6.89. The number of nitrogens with one attached hydrogen (secondary N) is 2. The number of carbonyl (C=O) groups is 2. The Morgan fingerprint density at radius 2 is 1.91 bits per heavy atom. The molecule has 1 aliphatic rings. The average Bonchev–Trinajstić information content (AvgIpc) is 3.56. The molecule has 1 fully saturated rings. The molecule has 1 atom stereocenters. The van der Waals surface area contributed by atoms with Gasteiger partial charge in [0.15, 0.2) is 17.5 Å². The van der Waals surface area contributed by atoms with E-state index in [0.29, 0.717) is 18.7 Å². The number of pyridine rings is 1. The number of H-pyrrole nitrogens is 1. The lowest BCUT2D eigenvalue weighted by Gasteiger charge is -2.16. The van der Waals surface area contributed by atoms with Gasteiger partial charge in [0.1, 0.15) is 5.69 Å². The van der Waals surface area contributed by atoms with Crippen molar-refractivity contribution in [2.75, 3.05) is 18.4 Å². The van der Waals surface area contributed by atoms with E-state index < -0.39 is 29.3 Å². The zero-order valence-corrected chi connectivity index (χ0v) is 18.1. The predicted octanol–water partition coefficient (Wildman–Crippen LogP) is 4.09. The molecule has 1 aromatic carbocycles. The van der Waals surface area contributed by atoms with Crippen molar-refractivity contribution in [3.8, 4) is 11.3 Å². The highest BCUT2D eigenvalue weighted by Gasteiger charge is 2.32. The Bertz CT molecular complexity index is 1400. The maximum Gasteiger partial charge on any atom is 0.270 e. The third-order valence-corrected chi connectivity index (χ3v) is 6.10. The second kappa shape index (κ2) is 8.36. The Morgan fingerprint density at radius 1 is 1.15 bits per heavy atom. The van der Waals surface area contributed by atoms with Crippen LogP contribution in [-0.2, 0) is 11.8 Å². The maximum absolute atomic E-state index is 13.4. The van der Waals surface area contributed by atoms with Gasteiger partial charge in [0.05, 0.1) is 17.6 Å². The molecule has 0 unspecified atom stereocenters. The van der Waals surface area contributed by atoms with Gasteiger partial charge in [0.25, 0.3) is 5.91 Å². The van der Waals surface area contributed by atoms with Crippen molar-refractivity contribution in [3.63, 3.8) is 0 Å². The Balaban J connectivity index is 1.28. The van der Waals surface area contributed by atoms with Gasteiger partial charge in [-0.25, -0.2) is 13.2 Å². The number of hydrogen-bond donors (Lipinski definition) is 2. The van der Waals surface area contributed by atoms with Crippen LogP contribution in [0.25, 0.3) is 22.2 Å². The number of aromatic amines is 1. The lowest BCUT2D eigenvalue weighted by atomic mass is 10.1. The van der Waals surface area contributed by atoms with Gasteiger partial charge in [-0.2, -0.15) is 0 Å². The van der Waals surface area contributed by atoms with Crippen LogP contribution >= 0.6 is 0 Å². The summed E-state index contributed by atoms with van der Waals surface area (Å²) in [6.07, 6.45) is 5.85. The third kappa shape index (κ3) is 3.81. The third-order valence-electron chi connectivity index (χ3n) is 6.10. The highest BCUT2D eigenvalue weighted by atomic mass is 19.2. The van der Waals surface area contributed by atoms with E-state index in [0.717, 1.165) is 34.3 Å². The van der Waals surface area contributed by atoms with Crippen LogP contribution in [0.15, 0.2) is 48.9 Å². The number of hydrogen-bond acceptors (Lipinski definition) is 3. The van der Waals surface area contributed by atoms with E-state index in [1.165, 1.54) is 0 Å². The Labute approximate surface area is 192 Å². The van der Waals surface area contributed by atoms with Crippen molar-refractivity contribution in [1.82, 2.24) is 19.4 Å². The minimum Gasteiger partial charge on any atom is -0.350 e. The summed E-state index contributed by atoms with van der Waals surface area (Å²) in [5, 5.41) is 3.40. The molecule has 2 amide bonds. The first-order valence-electron chi connectivity index (χ1n) is 10.6. The molecular weight excluding hydrogens is 447 g/mol. The molecule has 174 valence electrons. The second-order valence-corrected chi connectivity index (χ2v) is 8.31. The van der Waals surface area contributed by atoms with Crippen LogP contribution in [-0.4, -0.2) is 44.3 Å². The number of fused-ring (bicyclic) bond motifs is 1. The van der Waals surface area contributed by atoms with E-state index in [1.54, 1.807) is 23.4 Å². The number of rotatable bonds is 4. The van der Waals surface area contributed by atoms with Gasteiger partial charge in [-0.05, 0) is 24.6 Å². The van der Waals surface area contributed by atoms with Crippen LogP contribution in [0.4, 0.5) is 18.9 Å². The Hall–Kier alpha value is -4.08. The van der Waals surface area contributed by atoms with Crippen LogP contribution in [0.3, 0.4) is 0 Å². The van der Waals surface area contributed by atoms with Crippen LogP contribution in [0, 0.1) is 23.4 Å². The summed E-state index contributed by atoms with van der Waals surface area (Å²) >= 11 is 0. The summed E-state index contributed by atoms with van der Waals surface area (Å²) in [4.78, 5) is 34.4. The van der Waals surface area contributed by atoms with E-state index in [2.05, 4.69) is 15.3 Å². The first kappa shape index (κ1) is 21.7. The van der Waals surface area contributed by atoms with Crippen LogP contribution in [0.2, 0.25) is 0 Å². The molecule has 0 aliphatic carbocycles. The molecule has 7 nitrogen and oxygen atoms in total. The first-order chi connectivity index (χ1) is 16.3. The van der Waals surface area contributed by atoms with Crippen molar-refractivity contribution in [2.45, 2.75) is 6.42 Å². The van der Waals surface area contributed by atoms with E-state index in [4.69, 9.17) is 0 Å². The van der Waals surface area contributed by atoms with Gasteiger partial charge in [-0.15, -0.1) is 0 Å². The number of anilines is 1. The number of likely N-dealkylation sites (tertiary alicyclic amines) is 1. The Morgan fingerprint density at radius 3 is 2.68 bits per heavy atom. The topological polar surface area (TPSA) is 83.0 Å². The van der Waals surface area contributed by atoms with Crippen molar-refractivity contribution < 1.29 is 22.8 Å². The highest BCUT2D eigenvalue weighted by Crippen LogP contribution is 2.30. The number of aromatic nitrogens is 3. The molecule has 4 aromatic rings. The molecule has 4 heterocycles. The van der Waals surface area contributed by atoms with Gasteiger partial charge in [-0.3, -0.25) is 14.6 Å². The molecule has 10 heteroatoms. The number of aryl methyl sites for hydroxylation is 1. The predicted molar refractivity (Wildman–Crippen MR) is 119 cm³/mol. The molecule has 1 saturated heterocycles. The molecule has 34 heavy (non-hydrogen) atoms. The summed E-state index contributed by atoms with van der Waals surface area (Å²) in [7, 11) is 1.92. The van der Waals surface area contributed by atoms with Crippen molar-refractivity contribution in [1.29, 1.82) is 0 Å². The molecular formula is C24H20F3N5O2. The van der Waals surface area contributed by atoms with Crippen LogP contribution in [0.5, 0.6) is 0 Å². The van der Waals surface area contributed by atoms with Gasteiger partial charge in [0.2, 0.25) is 5.91 Å². The summed E-state index contributed by atoms with van der Waals surface area (Å²) < 4.78 is 41.9. The zero-order valence-electron chi connectivity index (χ0n) is 18.1. The molecule has 1 aliphatic heterocycles. The normalized spacial score (nSPS) is 15.8. The lowest BCUT2D eigenvalue weighted by molar-refractivity contribution is -0.119. The van der Waals surface area contributed by atoms with Gasteiger partial charge in [0, 0.05) is 67.0 Å². The molecule has 5 rings (SSSR count). The average molecular weight is 467 g/mol. The fourth-order valence-electron chi connectivity index (χ4n) is 4.32. The molecule has 0 bridgehead atoms. The molecule has 0 radical (unpaired) electrons. The van der Waals surface area contributed by atoms with E-state index in [-0.39, 0.29) is 18.1 Å².